The maximum Gasteiger partial charge on any atom is 3.00 e. The molecule has 0 saturated heterocycles. The van der Waals surface area contributed by atoms with Gasteiger partial charge in [-0.25, -0.2) is 9.55 Å². The molecule has 0 aliphatic rings. The molecular weight excluding hydrogens is 1120 g/mol. The number of carbonyl (C=O) groups excluding carboxylic acids is 8. The second-order valence-corrected chi connectivity index (χ2v) is 17.6. The second-order valence-electron chi connectivity index (χ2n) is 17.6. The predicted octanol–water partition coefficient (Wildman–Crippen LogP) is 13.8. The average Bonchev–Trinajstić information content (AvgIpc) is 3.92. The van der Waals surface area contributed by atoms with Gasteiger partial charge in [0.25, 0.3) is 5.82 Å². The Morgan fingerprint density at radius 1 is 0.316 bits per heavy atom. The van der Waals surface area contributed by atoms with Crippen LogP contribution in [0.1, 0.15) is 134 Å². The predicted molar refractivity (Wildman–Crippen MR) is 305 cm³/mol. The van der Waals surface area contributed by atoms with Gasteiger partial charge in [-0.15, -0.1) is 0 Å². The third kappa shape index (κ3) is 23.2. The maximum absolute atomic E-state index is 11.8. The van der Waals surface area contributed by atoms with Crippen LogP contribution in [0.5, 0.6) is 0 Å². The van der Waals surface area contributed by atoms with Crippen molar-refractivity contribution in [3.8, 4) is 0 Å². The molecule has 0 spiro atoms. The largest absolute Gasteiger partial charge is 3.00 e. The summed E-state index contributed by atoms with van der Waals surface area (Å²) >= 11 is 0. The molecule has 0 bridgehead atoms. The zero-order chi connectivity index (χ0) is 55.7. The van der Waals surface area contributed by atoms with Crippen molar-refractivity contribution in [2.75, 3.05) is 0 Å². The smallest absolute Gasteiger partial charge is 0.294 e. The Morgan fingerprint density at radius 3 is 0.633 bits per heavy atom. The van der Waals surface area contributed by atoms with E-state index >= 15 is 0 Å². The number of carbonyl (C=O) groups is 8. The quantitative estimate of drug-likeness (QED) is 0.0476. The van der Waals surface area contributed by atoms with Gasteiger partial charge in [0, 0.05) is 50.9 Å². The summed E-state index contributed by atoms with van der Waals surface area (Å²) in [5, 5.41) is 0. The Labute approximate surface area is 503 Å². The molecule has 0 fully saturated rings. The normalized spacial score (nSPS) is 9.80. The van der Waals surface area contributed by atoms with Gasteiger partial charge >= 0.3 is 49.4 Å². The van der Waals surface area contributed by atoms with Crippen molar-refractivity contribution in [2.45, 2.75) is 51.9 Å². The van der Waals surface area contributed by atoms with Gasteiger partial charge in [0.1, 0.15) is 12.4 Å². The number of aryl methyl sites for hydroxylation is 2. The number of nitrogens with zero attached hydrogens (tertiary/aromatic N) is 1. The SMILES string of the molecule is CCCCc1[nH]cc[n+]1C.O=C(CC(=O)c1ccccc1)c1ccccc1.O=C(CC(=O)c1ccccc1)c1ccccc1.O=C(CC(=O)c1ccccc1)c1ccccc1.O=C(CC(=O)c1ccccc1)c1ccccc1.[Eu+3]. The maximum atomic E-state index is 11.8. The van der Waals surface area contributed by atoms with E-state index < -0.39 is 0 Å². The first kappa shape index (κ1) is 63.4. The van der Waals surface area contributed by atoms with Gasteiger partial charge in [-0.2, -0.15) is 0 Å². The van der Waals surface area contributed by atoms with Gasteiger partial charge in [-0.05, 0) is 6.42 Å². The van der Waals surface area contributed by atoms with Crippen molar-refractivity contribution in [2.24, 2.45) is 7.05 Å². The molecule has 0 aliphatic carbocycles. The minimum absolute atomic E-state index is 0. The number of imidazole rings is 1. The van der Waals surface area contributed by atoms with E-state index in [-0.39, 0.29) is 121 Å². The summed E-state index contributed by atoms with van der Waals surface area (Å²) in [4.78, 5) is 97.7. The molecule has 8 aromatic carbocycles. The van der Waals surface area contributed by atoms with E-state index in [1.807, 2.05) is 60.9 Å². The molecule has 0 saturated carbocycles. The van der Waals surface area contributed by atoms with Crippen LogP contribution in [-0.2, 0) is 13.5 Å². The number of H-pyrrole nitrogens is 1. The zero-order valence-corrected chi connectivity index (χ0v) is 46.7. The molecule has 0 aliphatic heterocycles. The molecule has 0 radical (unpaired) electrons. The van der Waals surface area contributed by atoms with Gasteiger partial charge in [0.2, 0.25) is 0 Å². The van der Waals surface area contributed by atoms with Crippen molar-refractivity contribution in [3.05, 3.63) is 305 Å². The van der Waals surface area contributed by atoms with Crippen LogP contribution < -0.4 is 4.57 Å². The number of hydrogen-bond acceptors (Lipinski definition) is 8. The van der Waals surface area contributed by atoms with Crippen molar-refractivity contribution in [1.82, 2.24) is 4.98 Å². The topological polar surface area (TPSA) is 156 Å². The fourth-order valence-corrected chi connectivity index (χ4v) is 7.42. The number of aromatic nitrogens is 2. The number of Topliss-reactive ketones (excluding diaryl/α,β-unsaturated/α-hetero) is 8. The second kappa shape index (κ2) is 36.1. The molecule has 9 aromatic rings. The van der Waals surface area contributed by atoms with E-state index in [1.165, 1.54) is 25.1 Å². The summed E-state index contributed by atoms with van der Waals surface area (Å²) in [6.07, 6.45) is 7.42. The Balaban J connectivity index is 0.000000214. The van der Waals surface area contributed by atoms with Gasteiger partial charge in [-0.1, -0.05) is 256 Å². The summed E-state index contributed by atoms with van der Waals surface area (Å²) < 4.78 is 2.13. The summed E-state index contributed by atoms with van der Waals surface area (Å²) in [6.45, 7) is 2.21. The number of rotatable bonds is 19. The van der Waals surface area contributed by atoms with E-state index in [2.05, 4.69) is 23.5 Å². The van der Waals surface area contributed by atoms with Gasteiger partial charge < -0.3 is 0 Å². The Kier molecular flexibility index (Phi) is 29.0. The third-order valence-electron chi connectivity index (χ3n) is 11.8. The minimum Gasteiger partial charge on any atom is -0.294 e. The van der Waals surface area contributed by atoms with Gasteiger partial charge in [0.05, 0.1) is 32.7 Å². The molecule has 10 nitrogen and oxygen atoms in total. The summed E-state index contributed by atoms with van der Waals surface area (Å²) in [5.74, 6) is 0.206. The van der Waals surface area contributed by atoms with E-state index in [9.17, 15) is 38.4 Å². The molecule has 1 aromatic heterocycles. The Bertz CT molecular complexity index is 2680. The Hall–Kier alpha value is -8.09. The molecule has 9 rings (SSSR count). The van der Waals surface area contributed by atoms with Crippen LogP contribution in [0.4, 0.5) is 0 Å². The first-order valence-corrected chi connectivity index (χ1v) is 25.6. The number of unbranched alkanes of at least 4 members (excludes halogenated alkanes) is 1. The minimum atomic E-state index is -0.139. The fourth-order valence-electron chi connectivity index (χ4n) is 7.42. The summed E-state index contributed by atoms with van der Waals surface area (Å²) in [5.41, 5.74) is 4.64. The van der Waals surface area contributed by atoms with Crippen molar-refractivity contribution in [3.63, 3.8) is 0 Å². The van der Waals surface area contributed by atoms with Crippen molar-refractivity contribution < 1.29 is 92.3 Å². The van der Waals surface area contributed by atoms with Crippen LogP contribution in [0.25, 0.3) is 0 Å². The number of aromatic amines is 1. The number of hydrogen-bond donors (Lipinski definition) is 1. The molecule has 0 amide bonds. The van der Waals surface area contributed by atoms with Gasteiger partial charge in [0.15, 0.2) is 46.3 Å². The molecule has 0 unspecified atom stereocenters. The van der Waals surface area contributed by atoms with E-state index in [0.29, 0.717) is 44.5 Å². The van der Waals surface area contributed by atoms with Crippen LogP contribution >= 0.6 is 0 Å². The standard InChI is InChI=1S/4C15H12O2.C8H14N2.Eu/c4*16-14(12-7-3-1-4-8-12)11-15(17)13-9-5-2-6-10-13;1-3-4-5-8-9-6-7-10(8)2;/h4*1-10H,11H2;6-7H,3-5H2,1-2H3;/q;;;;;+3/p+1. The van der Waals surface area contributed by atoms with E-state index in [1.54, 1.807) is 194 Å². The molecule has 396 valence electrons. The third-order valence-corrected chi connectivity index (χ3v) is 11.8. The monoisotopic (exact) mass is 1190 g/mol. The number of ketones is 8. The van der Waals surface area contributed by atoms with Crippen LogP contribution in [-0.4, -0.2) is 51.2 Å². The van der Waals surface area contributed by atoms with Crippen LogP contribution in [0.2, 0.25) is 0 Å². The molecule has 79 heavy (non-hydrogen) atoms. The van der Waals surface area contributed by atoms with E-state index in [4.69, 9.17) is 0 Å². The molecular formula is C68H63EuN2O8+4. The van der Waals surface area contributed by atoms with Crippen LogP contribution in [0.3, 0.4) is 0 Å². The first-order valence-electron chi connectivity index (χ1n) is 25.6. The van der Waals surface area contributed by atoms with Crippen LogP contribution in [0, 0.1) is 49.4 Å². The van der Waals surface area contributed by atoms with Crippen molar-refractivity contribution >= 4 is 46.3 Å². The van der Waals surface area contributed by atoms with Gasteiger partial charge in [-0.3, -0.25) is 38.4 Å². The average molecular weight is 1190 g/mol. The molecule has 0 atom stereocenters. The summed E-state index contributed by atoms with van der Waals surface area (Å²) in [7, 11) is 2.07. The number of nitrogens with one attached hydrogen (secondary N) is 1. The molecule has 11 heteroatoms. The summed E-state index contributed by atoms with van der Waals surface area (Å²) in [6, 6.07) is 71.0. The van der Waals surface area contributed by atoms with Crippen LogP contribution in [0.15, 0.2) is 255 Å². The molecule has 1 heterocycles. The zero-order valence-electron chi connectivity index (χ0n) is 44.3. The fraction of sp³-hybridized carbons (Fsp3) is 0.132. The first-order chi connectivity index (χ1) is 37.9. The van der Waals surface area contributed by atoms with E-state index in [0.717, 1.165) is 0 Å². The number of benzene rings is 8. The van der Waals surface area contributed by atoms with Crippen molar-refractivity contribution in [1.29, 1.82) is 0 Å². The Morgan fingerprint density at radius 2 is 0.494 bits per heavy atom. The molecule has 1 N–H and O–H groups in total.